The summed E-state index contributed by atoms with van der Waals surface area (Å²) in [6.45, 7) is 2.21. The molecule has 0 fully saturated rings. The molecule has 0 saturated carbocycles. The zero-order valence-electron chi connectivity index (χ0n) is 14.0. The van der Waals surface area contributed by atoms with E-state index in [2.05, 4.69) is 21.2 Å². The molecule has 0 aliphatic carbocycles. The van der Waals surface area contributed by atoms with E-state index in [1.807, 2.05) is 0 Å². The number of amides is 1. The first-order valence-corrected chi connectivity index (χ1v) is 8.36. The summed E-state index contributed by atoms with van der Waals surface area (Å²) >= 11 is 3.30. The number of halogens is 3. The number of carbonyl (C=O) groups excluding carboxylic acids is 1. The Morgan fingerprint density at radius 1 is 1.35 bits per heavy atom. The van der Waals surface area contributed by atoms with Crippen LogP contribution in [0.5, 0.6) is 11.5 Å². The lowest BCUT2D eigenvalue weighted by molar-refractivity contribution is 0.0944. The van der Waals surface area contributed by atoms with Crippen molar-refractivity contribution in [2.45, 2.75) is 13.0 Å². The van der Waals surface area contributed by atoms with Gasteiger partial charge in [0.15, 0.2) is 11.5 Å². The van der Waals surface area contributed by atoms with Crippen molar-refractivity contribution in [2.24, 2.45) is 0 Å². The summed E-state index contributed by atoms with van der Waals surface area (Å²) in [5.41, 5.74) is 0.0548. The Kier molecular flexibility index (Phi) is 6.52. The standard InChI is InChI=1S/C18H15BrF2N2O3/c1-3-26-17-13(19)6-10(7-16(17)25-2)18(24)23-15(9-22)12-5-4-11(20)8-14(12)21/h4-8,15H,3H2,1-2H3,(H,23,24). The number of hydrogen-bond acceptors (Lipinski definition) is 4. The molecule has 1 N–H and O–H groups in total. The lowest BCUT2D eigenvalue weighted by atomic mass is 10.1. The molecule has 1 unspecified atom stereocenters. The smallest absolute Gasteiger partial charge is 0.252 e. The Balaban J connectivity index is 2.31. The van der Waals surface area contributed by atoms with E-state index in [-0.39, 0.29) is 11.1 Å². The van der Waals surface area contributed by atoms with E-state index >= 15 is 0 Å². The highest BCUT2D eigenvalue weighted by Gasteiger charge is 2.21. The maximum atomic E-state index is 13.9. The lowest BCUT2D eigenvalue weighted by Crippen LogP contribution is -2.28. The molecule has 2 aromatic rings. The van der Waals surface area contributed by atoms with Crippen LogP contribution in [0.4, 0.5) is 8.78 Å². The molecule has 26 heavy (non-hydrogen) atoms. The van der Waals surface area contributed by atoms with Gasteiger partial charge in [0.05, 0.1) is 24.3 Å². The molecule has 0 aromatic heterocycles. The van der Waals surface area contributed by atoms with E-state index in [1.54, 1.807) is 13.0 Å². The van der Waals surface area contributed by atoms with Gasteiger partial charge in [0.2, 0.25) is 0 Å². The van der Waals surface area contributed by atoms with E-state index in [0.29, 0.717) is 28.6 Å². The average Bonchev–Trinajstić information content (AvgIpc) is 2.61. The molecular formula is C18H15BrF2N2O3. The van der Waals surface area contributed by atoms with Gasteiger partial charge in [0, 0.05) is 17.2 Å². The van der Waals surface area contributed by atoms with Crippen LogP contribution in [-0.2, 0) is 0 Å². The van der Waals surface area contributed by atoms with Crippen LogP contribution in [0.1, 0.15) is 28.9 Å². The first kappa shape index (κ1) is 19.7. The summed E-state index contributed by atoms with van der Waals surface area (Å²) in [4.78, 5) is 12.5. The Bertz CT molecular complexity index is 868. The third-order valence-corrected chi connectivity index (χ3v) is 4.05. The minimum atomic E-state index is -1.28. The summed E-state index contributed by atoms with van der Waals surface area (Å²) in [6.07, 6.45) is 0. The van der Waals surface area contributed by atoms with E-state index in [1.165, 1.54) is 19.2 Å². The van der Waals surface area contributed by atoms with Crippen LogP contribution in [0.25, 0.3) is 0 Å². The number of nitrogens with one attached hydrogen (secondary N) is 1. The van der Waals surface area contributed by atoms with Crippen molar-refractivity contribution in [2.75, 3.05) is 13.7 Å². The van der Waals surface area contributed by atoms with Gasteiger partial charge in [0.25, 0.3) is 5.91 Å². The fourth-order valence-electron chi connectivity index (χ4n) is 2.26. The third kappa shape index (κ3) is 4.29. The first-order valence-electron chi connectivity index (χ1n) is 7.57. The molecule has 0 saturated heterocycles. The van der Waals surface area contributed by atoms with E-state index in [4.69, 9.17) is 9.47 Å². The number of hydrogen-bond donors (Lipinski definition) is 1. The molecule has 2 rings (SSSR count). The zero-order valence-corrected chi connectivity index (χ0v) is 15.6. The molecule has 0 heterocycles. The van der Waals surface area contributed by atoms with Gasteiger partial charge in [-0.15, -0.1) is 0 Å². The molecule has 5 nitrogen and oxygen atoms in total. The number of nitriles is 1. The van der Waals surface area contributed by atoms with Crippen LogP contribution in [-0.4, -0.2) is 19.6 Å². The van der Waals surface area contributed by atoms with Crippen LogP contribution in [0, 0.1) is 23.0 Å². The molecule has 136 valence electrons. The first-order chi connectivity index (χ1) is 12.4. The number of benzene rings is 2. The number of nitrogens with zero attached hydrogens (tertiary/aromatic N) is 1. The number of rotatable bonds is 6. The fraction of sp³-hybridized carbons (Fsp3) is 0.222. The quantitative estimate of drug-likeness (QED) is 0.756. The number of carbonyl (C=O) groups is 1. The maximum Gasteiger partial charge on any atom is 0.252 e. The second-order valence-electron chi connectivity index (χ2n) is 5.12. The predicted octanol–water partition coefficient (Wildman–Crippen LogP) is 4.13. The van der Waals surface area contributed by atoms with Gasteiger partial charge in [0.1, 0.15) is 17.7 Å². The molecular weight excluding hydrogens is 410 g/mol. The van der Waals surface area contributed by atoms with Crippen molar-refractivity contribution >= 4 is 21.8 Å². The second kappa shape index (κ2) is 8.63. The van der Waals surface area contributed by atoms with Gasteiger partial charge in [-0.05, 0) is 41.1 Å². The fourth-order valence-corrected chi connectivity index (χ4v) is 2.82. The minimum absolute atomic E-state index is 0.126. The maximum absolute atomic E-state index is 13.9. The van der Waals surface area contributed by atoms with E-state index < -0.39 is 23.6 Å². The summed E-state index contributed by atoms with van der Waals surface area (Å²) in [5.74, 6) is -1.54. The monoisotopic (exact) mass is 424 g/mol. The van der Waals surface area contributed by atoms with E-state index in [0.717, 1.165) is 12.1 Å². The normalized spacial score (nSPS) is 11.4. The van der Waals surface area contributed by atoms with E-state index in [9.17, 15) is 18.8 Å². The lowest BCUT2D eigenvalue weighted by Gasteiger charge is -2.15. The molecule has 0 spiro atoms. The Morgan fingerprint density at radius 3 is 2.65 bits per heavy atom. The van der Waals surface area contributed by atoms with Gasteiger partial charge in [-0.25, -0.2) is 8.78 Å². The highest BCUT2D eigenvalue weighted by Crippen LogP contribution is 2.36. The van der Waals surface area contributed by atoms with Crippen molar-refractivity contribution in [3.05, 3.63) is 57.6 Å². The number of ether oxygens (including phenoxy) is 2. The second-order valence-corrected chi connectivity index (χ2v) is 5.98. The summed E-state index contributed by atoms with van der Waals surface area (Å²) in [7, 11) is 1.43. The SMILES string of the molecule is CCOc1c(Br)cc(C(=O)NC(C#N)c2ccc(F)cc2F)cc1OC. The van der Waals surface area contributed by atoms with Gasteiger partial charge in [-0.3, -0.25) is 4.79 Å². The van der Waals surface area contributed by atoms with Gasteiger partial charge in [-0.1, -0.05) is 6.07 Å². The van der Waals surface area contributed by atoms with Crippen LogP contribution in [0.15, 0.2) is 34.8 Å². The molecule has 0 radical (unpaired) electrons. The Labute approximate surface area is 157 Å². The van der Waals surface area contributed by atoms with Crippen molar-refractivity contribution < 1.29 is 23.0 Å². The molecule has 8 heteroatoms. The van der Waals surface area contributed by atoms with Crippen molar-refractivity contribution in [3.63, 3.8) is 0 Å². The summed E-state index contributed by atoms with van der Waals surface area (Å²) in [5, 5.41) is 11.7. The Morgan fingerprint density at radius 2 is 2.08 bits per heavy atom. The van der Waals surface area contributed by atoms with Crippen LogP contribution < -0.4 is 14.8 Å². The Hall–Kier alpha value is -2.66. The van der Waals surface area contributed by atoms with Gasteiger partial charge >= 0.3 is 0 Å². The van der Waals surface area contributed by atoms with Gasteiger partial charge in [-0.2, -0.15) is 5.26 Å². The third-order valence-electron chi connectivity index (χ3n) is 3.46. The molecule has 1 amide bonds. The van der Waals surface area contributed by atoms with Crippen molar-refractivity contribution in [3.8, 4) is 17.6 Å². The average molecular weight is 425 g/mol. The van der Waals surface area contributed by atoms with Gasteiger partial charge < -0.3 is 14.8 Å². The summed E-state index contributed by atoms with van der Waals surface area (Å²) in [6, 6.07) is 6.25. The van der Waals surface area contributed by atoms with Crippen molar-refractivity contribution in [1.82, 2.24) is 5.32 Å². The number of methoxy groups -OCH3 is 1. The molecule has 0 bridgehead atoms. The molecule has 0 aliphatic rings. The minimum Gasteiger partial charge on any atom is -0.493 e. The molecule has 2 aromatic carbocycles. The predicted molar refractivity (Wildman–Crippen MR) is 94.0 cm³/mol. The topological polar surface area (TPSA) is 71.3 Å². The molecule has 0 aliphatic heterocycles. The van der Waals surface area contributed by atoms with Crippen molar-refractivity contribution in [1.29, 1.82) is 5.26 Å². The largest absolute Gasteiger partial charge is 0.493 e. The summed E-state index contributed by atoms with van der Waals surface area (Å²) < 4.78 is 38.1. The van der Waals surface area contributed by atoms with Crippen LogP contribution >= 0.6 is 15.9 Å². The zero-order chi connectivity index (χ0) is 19.3. The highest BCUT2D eigenvalue weighted by atomic mass is 79.9. The highest BCUT2D eigenvalue weighted by molar-refractivity contribution is 9.10. The van der Waals surface area contributed by atoms with Crippen LogP contribution in [0.2, 0.25) is 0 Å². The van der Waals surface area contributed by atoms with Crippen LogP contribution in [0.3, 0.4) is 0 Å². The molecule has 1 atom stereocenters.